The lowest BCUT2D eigenvalue weighted by molar-refractivity contribution is 0.193. The molecule has 2 bridgehead atoms. The molecule has 1 heterocycles. The van der Waals surface area contributed by atoms with Crippen molar-refractivity contribution in [1.29, 1.82) is 0 Å². The molecule has 0 radical (unpaired) electrons. The van der Waals surface area contributed by atoms with E-state index < -0.39 is 0 Å². The second-order valence-corrected chi connectivity index (χ2v) is 7.13. The topological polar surface area (TPSA) is 15.6 Å². The molecule has 3 fully saturated rings. The number of benzene rings is 1. The van der Waals surface area contributed by atoms with E-state index in [9.17, 15) is 0 Å². The summed E-state index contributed by atoms with van der Waals surface area (Å²) >= 11 is 1.96. The minimum Gasteiger partial charge on any atom is -0.351 e. The van der Waals surface area contributed by atoms with Gasteiger partial charge in [-0.05, 0) is 49.1 Å². The van der Waals surface area contributed by atoms with Crippen LogP contribution in [0.5, 0.6) is 0 Å². The van der Waals surface area contributed by atoms with E-state index in [0.717, 1.165) is 29.5 Å². The fourth-order valence-electron chi connectivity index (χ4n) is 4.34. The second-order valence-electron chi connectivity index (χ2n) is 6.14. The Kier molecular flexibility index (Phi) is 2.83. The van der Waals surface area contributed by atoms with Crippen LogP contribution in [0.15, 0.2) is 35.3 Å². The highest BCUT2D eigenvalue weighted by Crippen LogP contribution is 2.53. The quantitative estimate of drug-likeness (QED) is 0.773. The average molecular weight is 272 g/mol. The summed E-state index contributed by atoms with van der Waals surface area (Å²) in [6.45, 7) is 0. The Balaban J connectivity index is 1.61. The van der Waals surface area contributed by atoms with Crippen molar-refractivity contribution in [2.24, 2.45) is 22.7 Å². The molecule has 0 spiro atoms. The van der Waals surface area contributed by atoms with Crippen molar-refractivity contribution in [1.82, 2.24) is 4.90 Å². The molecule has 4 unspecified atom stereocenters. The van der Waals surface area contributed by atoms with Crippen molar-refractivity contribution in [3.8, 4) is 0 Å². The predicted molar refractivity (Wildman–Crippen MR) is 81.9 cm³/mol. The summed E-state index contributed by atoms with van der Waals surface area (Å²) < 4.78 is 0. The van der Waals surface area contributed by atoms with Crippen LogP contribution in [0.2, 0.25) is 0 Å². The molecule has 100 valence electrons. The molecule has 1 aromatic rings. The van der Waals surface area contributed by atoms with Gasteiger partial charge < -0.3 is 4.90 Å². The van der Waals surface area contributed by atoms with E-state index in [1.165, 1.54) is 30.2 Å². The number of hydrogen-bond donors (Lipinski definition) is 0. The van der Waals surface area contributed by atoms with Gasteiger partial charge >= 0.3 is 0 Å². The van der Waals surface area contributed by atoms with Gasteiger partial charge in [-0.1, -0.05) is 30.0 Å². The SMILES string of the molecule is CN1C(=Nc2ccccc2)SCC2C3CCC(C3)C21. The van der Waals surface area contributed by atoms with Gasteiger partial charge in [0.25, 0.3) is 0 Å². The highest BCUT2D eigenvalue weighted by atomic mass is 32.2. The van der Waals surface area contributed by atoms with Gasteiger partial charge in [0.1, 0.15) is 0 Å². The third-order valence-electron chi connectivity index (χ3n) is 5.18. The van der Waals surface area contributed by atoms with E-state index in [1.54, 1.807) is 0 Å². The lowest BCUT2D eigenvalue weighted by Gasteiger charge is -2.43. The molecule has 2 saturated carbocycles. The Labute approximate surface area is 119 Å². The maximum atomic E-state index is 4.85. The fourth-order valence-corrected chi connectivity index (χ4v) is 5.65. The molecule has 2 nitrogen and oxygen atoms in total. The van der Waals surface area contributed by atoms with Crippen LogP contribution in [0, 0.1) is 17.8 Å². The van der Waals surface area contributed by atoms with Gasteiger partial charge in [0.05, 0.1) is 5.69 Å². The fraction of sp³-hybridized carbons (Fsp3) is 0.562. The van der Waals surface area contributed by atoms with Crippen molar-refractivity contribution in [3.05, 3.63) is 30.3 Å². The van der Waals surface area contributed by atoms with E-state index >= 15 is 0 Å². The highest BCUT2D eigenvalue weighted by Gasteiger charge is 2.51. The predicted octanol–water partition coefficient (Wildman–Crippen LogP) is 3.77. The molecular weight excluding hydrogens is 252 g/mol. The van der Waals surface area contributed by atoms with E-state index in [-0.39, 0.29) is 0 Å². The van der Waals surface area contributed by atoms with Gasteiger partial charge in [-0.15, -0.1) is 0 Å². The summed E-state index contributed by atoms with van der Waals surface area (Å²) in [5, 5.41) is 1.22. The summed E-state index contributed by atoms with van der Waals surface area (Å²) in [6, 6.07) is 11.1. The molecule has 2 aliphatic carbocycles. The van der Waals surface area contributed by atoms with Crippen LogP contribution in [0.1, 0.15) is 19.3 Å². The number of para-hydroxylation sites is 1. The molecule has 3 heteroatoms. The van der Waals surface area contributed by atoms with Gasteiger partial charge in [-0.25, -0.2) is 4.99 Å². The number of fused-ring (bicyclic) bond motifs is 5. The Morgan fingerprint density at radius 3 is 2.79 bits per heavy atom. The van der Waals surface area contributed by atoms with Crippen molar-refractivity contribution in [3.63, 3.8) is 0 Å². The molecule has 1 aliphatic heterocycles. The standard InChI is InChI=1S/C16H20N2S/c1-18-15-12-8-7-11(9-12)14(15)10-19-16(18)17-13-5-3-2-4-6-13/h2-6,11-12,14-15H,7-10H2,1H3. The van der Waals surface area contributed by atoms with E-state index in [0.29, 0.717) is 0 Å². The van der Waals surface area contributed by atoms with Crippen LogP contribution < -0.4 is 0 Å². The van der Waals surface area contributed by atoms with Crippen molar-refractivity contribution in [2.75, 3.05) is 12.8 Å². The summed E-state index contributed by atoms with van der Waals surface area (Å²) in [5.41, 5.74) is 1.08. The summed E-state index contributed by atoms with van der Waals surface area (Å²) in [5.74, 6) is 4.13. The maximum Gasteiger partial charge on any atom is 0.164 e. The molecule has 19 heavy (non-hydrogen) atoms. The molecule has 3 aliphatic rings. The zero-order chi connectivity index (χ0) is 12.8. The highest BCUT2D eigenvalue weighted by molar-refractivity contribution is 8.13. The zero-order valence-electron chi connectivity index (χ0n) is 11.3. The van der Waals surface area contributed by atoms with Gasteiger partial charge in [-0.3, -0.25) is 0 Å². The Bertz CT molecular complexity index is 499. The first-order valence-corrected chi connectivity index (χ1v) is 8.31. The Hall–Kier alpha value is -0.960. The molecule has 4 rings (SSSR count). The zero-order valence-corrected chi connectivity index (χ0v) is 12.1. The van der Waals surface area contributed by atoms with Gasteiger partial charge in [0, 0.05) is 18.8 Å². The second kappa shape index (κ2) is 4.55. The summed E-state index contributed by atoms with van der Waals surface area (Å²) in [4.78, 5) is 7.33. The maximum absolute atomic E-state index is 4.85. The molecule has 4 atom stereocenters. The smallest absolute Gasteiger partial charge is 0.164 e. The Morgan fingerprint density at radius 1 is 1.16 bits per heavy atom. The van der Waals surface area contributed by atoms with Crippen LogP contribution in [-0.4, -0.2) is 28.9 Å². The van der Waals surface area contributed by atoms with Gasteiger partial charge in [0.15, 0.2) is 5.17 Å². The van der Waals surface area contributed by atoms with Crippen molar-refractivity contribution in [2.45, 2.75) is 25.3 Å². The molecule has 0 N–H and O–H groups in total. The lowest BCUT2D eigenvalue weighted by Crippen LogP contribution is -2.48. The normalized spacial score (nSPS) is 38.8. The minimum atomic E-state index is 0.766. The number of hydrogen-bond acceptors (Lipinski definition) is 2. The van der Waals surface area contributed by atoms with E-state index in [2.05, 4.69) is 36.2 Å². The third-order valence-corrected chi connectivity index (χ3v) is 6.36. The molecule has 0 amide bonds. The first-order valence-electron chi connectivity index (χ1n) is 7.32. The third kappa shape index (κ3) is 1.90. The first-order chi connectivity index (χ1) is 9.33. The minimum absolute atomic E-state index is 0.766. The largest absolute Gasteiger partial charge is 0.351 e. The van der Waals surface area contributed by atoms with E-state index in [1.807, 2.05) is 17.8 Å². The van der Waals surface area contributed by atoms with Crippen molar-refractivity contribution >= 4 is 22.6 Å². The van der Waals surface area contributed by atoms with Gasteiger partial charge in [0.2, 0.25) is 0 Å². The molecule has 1 aromatic carbocycles. The monoisotopic (exact) mass is 272 g/mol. The Morgan fingerprint density at radius 2 is 1.95 bits per heavy atom. The van der Waals surface area contributed by atoms with Gasteiger partial charge in [-0.2, -0.15) is 0 Å². The molecule has 1 saturated heterocycles. The lowest BCUT2D eigenvalue weighted by atomic mass is 9.85. The number of aliphatic imine (C=N–C) groups is 1. The summed E-state index contributed by atoms with van der Waals surface area (Å²) in [6.07, 6.45) is 4.39. The van der Waals surface area contributed by atoms with Crippen LogP contribution in [-0.2, 0) is 0 Å². The number of nitrogens with zero attached hydrogens (tertiary/aromatic N) is 2. The number of rotatable bonds is 1. The average Bonchev–Trinajstić information content (AvgIpc) is 3.04. The van der Waals surface area contributed by atoms with Crippen LogP contribution in [0.4, 0.5) is 5.69 Å². The van der Waals surface area contributed by atoms with Crippen LogP contribution in [0.3, 0.4) is 0 Å². The van der Waals surface area contributed by atoms with Crippen LogP contribution >= 0.6 is 11.8 Å². The first kappa shape index (κ1) is 11.8. The molecular formula is C16H20N2S. The number of thioether (sulfide) groups is 1. The molecule has 0 aromatic heterocycles. The summed E-state index contributed by atoms with van der Waals surface area (Å²) in [7, 11) is 2.26. The van der Waals surface area contributed by atoms with Crippen molar-refractivity contribution < 1.29 is 0 Å². The van der Waals surface area contributed by atoms with Crippen LogP contribution in [0.25, 0.3) is 0 Å². The van der Waals surface area contributed by atoms with E-state index in [4.69, 9.17) is 4.99 Å². The number of amidine groups is 1.